The molecule has 0 aliphatic rings. The molecule has 2 atom stereocenters. The number of aromatic nitrogens is 1. The first kappa shape index (κ1) is 17.4. The molecule has 21 heavy (non-hydrogen) atoms. The third-order valence-corrected chi connectivity index (χ3v) is 4.41. The van der Waals surface area contributed by atoms with Gasteiger partial charge in [0.1, 0.15) is 9.88 Å². The molecular weight excluding hydrogens is 290 g/mol. The van der Waals surface area contributed by atoms with Crippen molar-refractivity contribution < 1.29 is 14.7 Å². The summed E-state index contributed by atoms with van der Waals surface area (Å²) in [5.41, 5.74) is 0.481. The van der Waals surface area contributed by atoms with Crippen LogP contribution in [0.15, 0.2) is 0 Å². The number of hydrogen-bond acceptors (Lipinski definition) is 4. The number of urea groups is 1. The lowest BCUT2D eigenvalue weighted by Gasteiger charge is -2.17. The minimum Gasteiger partial charge on any atom is -0.477 e. The number of aromatic carboxylic acids is 1. The first-order valence-corrected chi connectivity index (χ1v) is 7.89. The van der Waals surface area contributed by atoms with E-state index in [4.69, 9.17) is 5.11 Å². The van der Waals surface area contributed by atoms with Crippen LogP contribution < -0.4 is 10.6 Å². The van der Waals surface area contributed by atoms with Crippen LogP contribution in [0.2, 0.25) is 0 Å². The fourth-order valence-electron chi connectivity index (χ4n) is 1.99. The molecule has 7 heteroatoms. The predicted molar refractivity (Wildman–Crippen MR) is 82.7 cm³/mol. The van der Waals surface area contributed by atoms with Gasteiger partial charge < -0.3 is 15.7 Å². The normalized spacial score (nSPS) is 13.5. The molecule has 0 saturated heterocycles. The van der Waals surface area contributed by atoms with Crippen molar-refractivity contribution in [3.63, 3.8) is 0 Å². The Labute approximate surface area is 129 Å². The molecule has 0 aliphatic carbocycles. The third kappa shape index (κ3) is 5.71. The Kier molecular flexibility index (Phi) is 6.61. The monoisotopic (exact) mass is 313 g/mol. The molecule has 2 amide bonds. The van der Waals surface area contributed by atoms with E-state index in [-0.39, 0.29) is 23.5 Å². The van der Waals surface area contributed by atoms with Crippen molar-refractivity contribution in [3.05, 3.63) is 15.6 Å². The molecule has 1 aromatic heterocycles. The van der Waals surface area contributed by atoms with E-state index in [0.717, 1.165) is 24.2 Å². The minimum atomic E-state index is -0.983. The average Bonchev–Trinajstić information content (AvgIpc) is 2.77. The standard InChI is InChI=1S/C14H23N3O3S/c1-5-8(2)6-9(3)16-14(20)15-7-11-17-10(4)12(21-11)13(18)19/h8-9H,5-7H2,1-4H3,(H,18,19)(H2,15,16,20). The zero-order valence-corrected chi connectivity index (χ0v) is 13.7. The van der Waals surface area contributed by atoms with E-state index in [1.807, 2.05) is 6.92 Å². The lowest BCUT2D eigenvalue weighted by Crippen LogP contribution is -2.41. The Bertz CT molecular complexity index is 502. The molecule has 118 valence electrons. The zero-order chi connectivity index (χ0) is 16.0. The summed E-state index contributed by atoms with van der Waals surface area (Å²) in [6.45, 7) is 8.14. The summed E-state index contributed by atoms with van der Waals surface area (Å²) in [6.07, 6.45) is 2.02. The Morgan fingerprint density at radius 3 is 2.57 bits per heavy atom. The van der Waals surface area contributed by atoms with E-state index in [9.17, 15) is 9.59 Å². The van der Waals surface area contributed by atoms with Gasteiger partial charge in [-0.15, -0.1) is 11.3 Å². The number of amides is 2. The average molecular weight is 313 g/mol. The van der Waals surface area contributed by atoms with E-state index < -0.39 is 5.97 Å². The number of carboxylic acid groups (broad SMARTS) is 1. The maximum absolute atomic E-state index is 11.8. The van der Waals surface area contributed by atoms with Gasteiger partial charge in [0, 0.05) is 6.04 Å². The van der Waals surface area contributed by atoms with Gasteiger partial charge in [-0.1, -0.05) is 20.3 Å². The van der Waals surface area contributed by atoms with Crippen molar-refractivity contribution in [2.75, 3.05) is 0 Å². The summed E-state index contributed by atoms with van der Waals surface area (Å²) in [6, 6.07) is -0.150. The second kappa shape index (κ2) is 7.97. The molecule has 2 unspecified atom stereocenters. The van der Waals surface area contributed by atoms with Crippen molar-refractivity contribution in [1.29, 1.82) is 0 Å². The number of nitrogens with zero attached hydrogens (tertiary/aromatic N) is 1. The van der Waals surface area contributed by atoms with Crippen LogP contribution in [-0.4, -0.2) is 28.1 Å². The van der Waals surface area contributed by atoms with E-state index in [1.54, 1.807) is 6.92 Å². The molecule has 0 spiro atoms. The molecule has 0 fully saturated rings. The maximum atomic E-state index is 11.8. The number of carbonyl (C=O) groups excluding carboxylic acids is 1. The summed E-state index contributed by atoms with van der Waals surface area (Å²) in [5.74, 6) is -0.414. The first-order valence-electron chi connectivity index (χ1n) is 7.07. The van der Waals surface area contributed by atoms with Gasteiger partial charge in [0.05, 0.1) is 12.2 Å². The molecule has 1 heterocycles. The van der Waals surface area contributed by atoms with Gasteiger partial charge in [-0.05, 0) is 26.2 Å². The van der Waals surface area contributed by atoms with Crippen molar-refractivity contribution >= 4 is 23.3 Å². The zero-order valence-electron chi connectivity index (χ0n) is 12.9. The van der Waals surface area contributed by atoms with Crippen LogP contribution in [0.25, 0.3) is 0 Å². The van der Waals surface area contributed by atoms with Crippen LogP contribution in [0.5, 0.6) is 0 Å². The van der Waals surface area contributed by atoms with Crippen molar-refractivity contribution in [2.45, 2.75) is 53.1 Å². The van der Waals surface area contributed by atoms with Gasteiger partial charge in [-0.3, -0.25) is 0 Å². The highest BCUT2D eigenvalue weighted by molar-refractivity contribution is 7.13. The molecule has 0 aliphatic heterocycles. The number of nitrogens with one attached hydrogen (secondary N) is 2. The molecular formula is C14H23N3O3S. The van der Waals surface area contributed by atoms with Crippen molar-refractivity contribution in [1.82, 2.24) is 15.6 Å². The number of thiazole rings is 1. The second-order valence-electron chi connectivity index (χ2n) is 5.30. The fraction of sp³-hybridized carbons (Fsp3) is 0.643. The third-order valence-electron chi connectivity index (χ3n) is 3.27. The van der Waals surface area contributed by atoms with E-state index in [2.05, 4.69) is 29.5 Å². The van der Waals surface area contributed by atoms with Crippen LogP contribution >= 0.6 is 11.3 Å². The van der Waals surface area contributed by atoms with Crippen LogP contribution in [0.3, 0.4) is 0 Å². The number of rotatable bonds is 7. The summed E-state index contributed by atoms with van der Waals surface area (Å²) in [4.78, 5) is 27.0. The summed E-state index contributed by atoms with van der Waals surface area (Å²) in [7, 11) is 0. The first-order chi connectivity index (χ1) is 9.83. The Hall–Kier alpha value is -1.63. The van der Waals surface area contributed by atoms with Gasteiger partial charge in [-0.2, -0.15) is 0 Å². The highest BCUT2D eigenvalue weighted by atomic mass is 32.1. The quantitative estimate of drug-likeness (QED) is 0.722. The van der Waals surface area contributed by atoms with Crippen molar-refractivity contribution in [2.24, 2.45) is 5.92 Å². The lowest BCUT2D eigenvalue weighted by molar-refractivity contribution is 0.0701. The highest BCUT2D eigenvalue weighted by Gasteiger charge is 2.15. The van der Waals surface area contributed by atoms with E-state index in [0.29, 0.717) is 16.6 Å². The number of carboxylic acids is 1. The smallest absolute Gasteiger partial charge is 0.347 e. The Morgan fingerprint density at radius 1 is 1.38 bits per heavy atom. The molecule has 0 radical (unpaired) electrons. The molecule has 1 aromatic rings. The molecule has 3 N–H and O–H groups in total. The SMILES string of the molecule is CCC(C)CC(C)NC(=O)NCc1nc(C)c(C(=O)O)s1. The molecule has 1 rings (SSSR count). The van der Waals surface area contributed by atoms with E-state index in [1.165, 1.54) is 0 Å². The van der Waals surface area contributed by atoms with Gasteiger partial charge in [-0.25, -0.2) is 14.6 Å². The summed E-state index contributed by atoms with van der Waals surface area (Å²) >= 11 is 1.09. The number of hydrogen-bond donors (Lipinski definition) is 3. The number of carbonyl (C=O) groups is 2. The highest BCUT2D eigenvalue weighted by Crippen LogP contribution is 2.17. The molecule has 6 nitrogen and oxygen atoms in total. The number of aryl methyl sites for hydroxylation is 1. The predicted octanol–water partition coefficient (Wildman–Crippen LogP) is 2.77. The Morgan fingerprint density at radius 2 is 2.05 bits per heavy atom. The van der Waals surface area contributed by atoms with Gasteiger partial charge in [0.25, 0.3) is 0 Å². The summed E-state index contributed by atoms with van der Waals surface area (Å²) < 4.78 is 0. The molecule has 0 aromatic carbocycles. The van der Waals surface area contributed by atoms with Crippen LogP contribution in [-0.2, 0) is 6.54 Å². The van der Waals surface area contributed by atoms with Crippen LogP contribution in [0.4, 0.5) is 4.79 Å². The maximum Gasteiger partial charge on any atom is 0.347 e. The van der Waals surface area contributed by atoms with Gasteiger partial charge >= 0.3 is 12.0 Å². The second-order valence-corrected chi connectivity index (χ2v) is 6.39. The van der Waals surface area contributed by atoms with Gasteiger partial charge in [0.2, 0.25) is 0 Å². The molecule has 0 bridgehead atoms. The van der Waals surface area contributed by atoms with Crippen LogP contribution in [0, 0.1) is 12.8 Å². The lowest BCUT2D eigenvalue weighted by atomic mass is 10.0. The fourth-order valence-corrected chi connectivity index (χ4v) is 2.83. The van der Waals surface area contributed by atoms with Crippen molar-refractivity contribution in [3.8, 4) is 0 Å². The van der Waals surface area contributed by atoms with Gasteiger partial charge in [0.15, 0.2) is 0 Å². The largest absolute Gasteiger partial charge is 0.477 e. The molecule has 0 saturated carbocycles. The summed E-state index contributed by atoms with van der Waals surface area (Å²) in [5, 5.41) is 15.1. The Balaban J connectivity index is 2.43. The van der Waals surface area contributed by atoms with E-state index >= 15 is 0 Å². The minimum absolute atomic E-state index is 0.104. The van der Waals surface area contributed by atoms with Crippen LogP contribution in [0.1, 0.15) is 54.0 Å². The topological polar surface area (TPSA) is 91.3 Å².